The molecule has 0 bridgehead atoms. The zero-order chi connectivity index (χ0) is 11.6. The average molecular weight is 207 g/mol. The van der Waals surface area contributed by atoms with Crippen LogP contribution < -0.4 is 0 Å². The van der Waals surface area contributed by atoms with Gasteiger partial charge >= 0.3 is 0 Å². The first-order valence-electron chi connectivity index (χ1n) is 5.21. The van der Waals surface area contributed by atoms with E-state index in [9.17, 15) is 10.1 Å². The summed E-state index contributed by atoms with van der Waals surface area (Å²) in [5, 5.41) is 10.8. The molecule has 0 aliphatic carbocycles. The molecule has 0 fully saturated rings. The average Bonchev–Trinajstić information content (AvgIpc) is 2.16. The Bertz CT molecular complexity index is 344. The summed E-state index contributed by atoms with van der Waals surface area (Å²) < 4.78 is 0. The highest BCUT2D eigenvalue weighted by atomic mass is 16.6. The lowest BCUT2D eigenvalue weighted by atomic mass is 9.95. The third-order valence-electron chi connectivity index (χ3n) is 2.51. The summed E-state index contributed by atoms with van der Waals surface area (Å²) in [6, 6.07) is 5.38. The van der Waals surface area contributed by atoms with E-state index >= 15 is 0 Å². The first-order chi connectivity index (χ1) is 6.91. The monoisotopic (exact) mass is 207 g/mol. The highest BCUT2D eigenvalue weighted by molar-refractivity contribution is 5.41. The molecule has 82 valence electrons. The van der Waals surface area contributed by atoms with Crippen molar-refractivity contribution in [3.05, 3.63) is 39.4 Å². The van der Waals surface area contributed by atoms with Crippen molar-refractivity contribution in [1.29, 1.82) is 0 Å². The molecule has 0 atom stereocenters. The van der Waals surface area contributed by atoms with Crippen LogP contribution in [0, 0.1) is 10.1 Å². The molecule has 0 radical (unpaired) electrons. The number of nitrogens with zero attached hydrogens (tertiary/aromatic N) is 1. The molecule has 0 aromatic heterocycles. The molecule has 0 heterocycles. The zero-order valence-corrected chi connectivity index (χ0v) is 9.65. The summed E-state index contributed by atoms with van der Waals surface area (Å²) in [7, 11) is 0. The van der Waals surface area contributed by atoms with Crippen LogP contribution in [0.15, 0.2) is 18.2 Å². The Morgan fingerprint density at radius 1 is 1.00 bits per heavy atom. The number of benzene rings is 1. The fourth-order valence-corrected chi connectivity index (χ4v) is 1.43. The minimum Gasteiger partial charge on any atom is -0.258 e. The second-order valence-electron chi connectivity index (χ2n) is 4.42. The maximum Gasteiger partial charge on any atom is 0.269 e. The van der Waals surface area contributed by atoms with Crippen LogP contribution in [0.1, 0.15) is 50.7 Å². The lowest BCUT2D eigenvalue weighted by Crippen LogP contribution is -1.97. The molecule has 3 nitrogen and oxygen atoms in total. The molecule has 1 rings (SSSR count). The van der Waals surface area contributed by atoms with Gasteiger partial charge in [0.15, 0.2) is 0 Å². The molecule has 0 N–H and O–H groups in total. The smallest absolute Gasteiger partial charge is 0.258 e. The van der Waals surface area contributed by atoms with Crippen LogP contribution in [0.25, 0.3) is 0 Å². The molecule has 0 saturated carbocycles. The number of non-ortho nitro benzene ring substituents is 1. The maximum absolute atomic E-state index is 10.8. The number of hydrogen-bond donors (Lipinski definition) is 0. The second kappa shape index (κ2) is 4.43. The molecule has 0 saturated heterocycles. The van der Waals surface area contributed by atoms with Gasteiger partial charge in [-0.05, 0) is 23.0 Å². The summed E-state index contributed by atoms with van der Waals surface area (Å²) in [5.41, 5.74) is 2.27. The fraction of sp³-hybridized carbons (Fsp3) is 0.500. The van der Waals surface area contributed by atoms with Crippen LogP contribution in [0.3, 0.4) is 0 Å². The number of nitro groups is 1. The van der Waals surface area contributed by atoms with Crippen LogP contribution in [0.5, 0.6) is 0 Å². The second-order valence-corrected chi connectivity index (χ2v) is 4.42. The van der Waals surface area contributed by atoms with E-state index in [0.717, 1.165) is 11.1 Å². The first-order valence-corrected chi connectivity index (χ1v) is 5.21. The van der Waals surface area contributed by atoms with Gasteiger partial charge in [-0.1, -0.05) is 33.8 Å². The fourth-order valence-electron chi connectivity index (χ4n) is 1.43. The highest BCUT2D eigenvalue weighted by Crippen LogP contribution is 2.26. The Hall–Kier alpha value is -1.38. The molecule has 0 unspecified atom stereocenters. The molecular weight excluding hydrogens is 190 g/mol. The summed E-state index contributed by atoms with van der Waals surface area (Å²) in [4.78, 5) is 10.4. The predicted octanol–water partition coefficient (Wildman–Crippen LogP) is 3.84. The zero-order valence-electron chi connectivity index (χ0n) is 9.65. The quantitative estimate of drug-likeness (QED) is 0.558. The van der Waals surface area contributed by atoms with Gasteiger partial charge in [-0.15, -0.1) is 0 Å². The Balaban J connectivity index is 3.26. The van der Waals surface area contributed by atoms with Crippen molar-refractivity contribution in [3.63, 3.8) is 0 Å². The van der Waals surface area contributed by atoms with Crippen molar-refractivity contribution >= 4 is 5.69 Å². The normalized spacial score (nSPS) is 11.1. The van der Waals surface area contributed by atoms with E-state index in [1.807, 2.05) is 27.7 Å². The number of rotatable bonds is 3. The SMILES string of the molecule is CC(C)c1cc(C(C)C)cc([N+](=O)[O-])c1. The molecule has 1 aromatic rings. The van der Waals surface area contributed by atoms with Crippen LogP contribution in [0.2, 0.25) is 0 Å². The van der Waals surface area contributed by atoms with Crippen molar-refractivity contribution in [1.82, 2.24) is 0 Å². The van der Waals surface area contributed by atoms with Crippen molar-refractivity contribution in [2.45, 2.75) is 39.5 Å². The third kappa shape index (κ3) is 2.78. The summed E-state index contributed by atoms with van der Waals surface area (Å²) in [5.74, 6) is 0.643. The minimum absolute atomic E-state index is 0.199. The molecule has 0 aliphatic heterocycles. The lowest BCUT2D eigenvalue weighted by Gasteiger charge is -2.10. The van der Waals surface area contributed by atoms with Crippen LogP contribution in [-0.4, -0.2) is 4.92 Å². The maximum atomic E-state index is 10.8. The Morgan fingerprint density at radius 2 is 1.40 bits per heavy atom. The lowest BCUT2D eigenvalue weighted by molar-refractivity contribution is -0.385. The summed E-state index contributed by atoms with van der Waals surface area (Å²) in [6.07, 6.45) is 0. The van der Waals surface area contributed by atoms with E-state index in [4.69, 9.17) is 0 Å². The van der Waals surface area contributed by atoms with Gasteiger partial charge in [-0.2, -0.15) is 0 Å². The molecule has 1 aromatic carbocycles. The topological polar surface area (TPSA) is 43.1 Å². The van der Waals surface area contributed by atoms with Crippen molar-refractivity contribution in [3.8, 4) is 0 Å². The Kier molecular flexibility index (Phi) is 3.45. The molecule has 15 heavy (non-hydrogen) atoms. The standard InChI is InChI=1S/C12H17NO2/c1-8(2)10-5-11(9(3)4)7-12(6-10)13(14)15/h5-9H,1-4H3. The van der Waals surface area contributed by atoms with E-state index in [2.05, 4.69) is 6.07 Å². The van der Waals surface area contributed by atoms with E-state index in [0.29, 0.717) is 11.8 Å². The van der Waals surface area contributed by atoms with E-state index < -0.39 is 0 Å². The highest BCUT2D eigenvalue weighted by Gasteiger charge is 2.12. The van der Waals surface area contributed by atoms with Gasteiger partial charge in [0.25, 0.3) is 5.69 Å². The molecule has 0 amide bonds. The van der Waals surface area contributed by atoms with Gasteiger partial charge in [-0.3, -0.25) is 10.1 Å². The van der Waals surface area contributed by atoms with Gasteiger partial charge in [-0.25, -0.2) is 0 Å². The van der Waals surface area contributed by atoms with Crippen molar-refractivity contribution in [2.24, 2.45) is 0 Å². The molecular formula is C12H17NO2. The van der Waals surface area contributed by atoms with E-state index in [1.54, 1.807) is 12.1 Å². The van der Waals surface area contributed by atoms with E-state index in [-0.39, 0.29) is 10.6 Å². The first kappa shape index (κ1) is 11.7. The van der Waals surface area contributed by atoms with Crippen LogP contribution >= 0.6 is 0 Å². The number of nitro benzene ring substituents is 1. The Labute approximate surface area is 90.3 Å². The van der Waals surface area contributed by atoms with Gasteiger partial charge in [0.2, 0.25) is 0 Å². The predicted molar refractivity (Wildman–Crippen MR) is 61.3 cm³/mol. The van der Waals surface area contributed by atoms with Crippen LogP contribution in [-0.2, 0) is 0 Å². The molecule has 0 spiro atoms. The van der Waals surface area contributed by atoms with Gasteiger partial charge in [0.05, 0.1) is 4.92 Å². The van der Waals surface area contributed by atoms with Gasteiger partial charge in [0.1, 0.15) is 0 Å². The third-order valence-corrected chi connectivity index (χ3v) is 2.51. The molecule has 3 heteroatoms. The number of hydrogen-bond acceptors (Lipinski definition) is 2. The Morgan fingerprint density at radius 3 is 1.67 bits per heavy atom. The van der Waals surface area contributed by atoms with Crippen LogP contribution in [0.4, 0.5) is 5.69 Å². The van der Waals surface area contributed by atoms with Gasteiger partial charge < -0.3 is 0 Å². The minimum atomic E-state index is -0.322. The van der Waals surface area contributed by atoms with E-state index in [1.165, 1.54) is 0 Å². The van der Waals surface area contributed by atoms with Crippen molar-refractivity contribution in [2.75, 3.05) is 0 Å². The largest absolute Gasteiger partial charge is 0.269 e. The molecule has 0 aliphatic rings. The summed E-state index contributed by atoms with van der Waals surface area (Å²) in [6.45, 7) is 8.18. The van der Waals surface area contributed by atoms with Gasteiger partial charge in [0, 0.05) is 12.1 Å². The summed E-state index contributed by atoms with van der Waals surface area (Å²) >= 11 is 0. The van der Waals surface area contributed by atoms with Crippen molar-refractivity contribution < 1.29 is 4.92 Å².